The van der Waals surface area contributed by atoms with Gasteiger partial charge in [0.1, 0.15) is 0 Å². The molecule has 6 heteroatoms. The minimum Gasteiger partial charge on any atom is -0.466 e. The molecule has 6 nitrogen and oxygen atoms in total. The van der Waals surface area contributed by atoms with Gasteiger partial charge in [-0.2, -0.15) is 0 Å². The van der Waals surface area contributed by atoms with Crippen molar-refractivity contribution in [1.82, 2.24) is 5.32 Å². The van der Waals surface area contributed by atoms with Crippen molar-refractivity contribution in [3.63, 3.8) is 0 Å². The lowest BCUT2D eigenvalue weighted by molar-refractivity contribution is -0.143. The standard InChI is InChI=1S/C74H147NO5/c1-3-5-7-9-11-13-15-17-18-19-34-37-40-43-46-50-54-58-62-66-72(77)71(70-76)75-73(78)67-63-59-55-51-47-44-41-38-35-32-30-28-26-24-22-20-21-23-25-27-29-31-33-36-39-42-45-49-53-57-61-65-69-80-74(79)68-64-60-56-52-48-16-14-12-10-8-6-4-2/h71-72,76-77H,3-70H2,1-2H3,(H,75,78). The molecule has 0 bridgehead atoms. The lowest BCUT2D eigenvalue weighted by Crippen LogP contribution is -2.45. The predicted octanol–water partition coefficient (Wildman–Crippen LogP) is 24.2. The van der Waals surface area contributed by atoms with Gasteiger partial charge in [-0.1, -0.05) is 399 Å². The third kappa shape index (κ3) is 66.0. The van der Waals surface area contributed by atoms with Gasteiger partial charge >= 0.3 is 5.97 Å². The number of aliphatic hydroxyl groups is 2. The zero-order chi connectivity index (χ0) is 57.8. The number of rotatable bonds is 71. The van der Waals surface area contributed by atoms with E-state index in [4.69, 9.17) is 4.74 Å². The zero-order valence-corrected chi connectivity index (χ0v) is 54.9. The maximum absolute atomic E-state index is 12.5. The number of hydrogen-bond donors (Lipinski definition) is 3. The molecule has 0 saturated heterocycles. The van der Waals surface area contributed by atoms with E-state index >= 15 is 0 Å². The van der Waals surface area contributed by atoms with Crippen molar-refractivity contribution in [3.8, 4) is 0 Å². The first kappa shape index (κ1) is 78.9. The largest absolute Gasteiger partial charge is 0.466 e. The fourth-order valence-corrected chi connectivity index (χ4v) is 12.2. The van der Waals surface area contributed by atoms with E-state index in [0.717, 1.165) is 38.5 Å². The van der Waals surface area contributed by atoms with Crippen molar-refractivity contribution < 1.29 is 24.5 Å². The molecular formula is C74H147NO5. The normalized spacial score (nSPS) is 12.4. The van der Waals surface area contributed by atoms with E-state index in [1.807, 2.05) is 0 Å². The third-order valence-corrected chi connectivity index (χ3v) is 17.9. The van der Waals surface area contributed by atoms with E-state index in [2.05, 4.69) is 19.2 Å². The molecule has 3 N–H and O–H groups in total. The Kier molecular flexibility index (Phi) is 69.3. The summed E-state index contributed by atoms with van der Waals surface area (Å²) in [5, 5.41) is 23.4. The summed E-state index contributed by atoms with van der Waals surface area (Å²) in [7, 11) is 0. The second-order valence-electron chi connectivity index (χ2n) is 26.0. The van der Waals surface area contributed by atoms with Gasteiger partial charge < -0.3 is 20.3 Å². The smallest absolute Gasteiger partial charge is 0.305 e. The van der Waals surface area contributed by atoms with Crippen LogP contribution in [0.4, 0.5) is 0 Å². The molecule has 0 aromatic carbocycles. The zero-order valence-electron chi connectivity index (χ0n) is 54.9. The molecule has 2 unspecified atom stereocenters. The Labute approximate surface area is 502 Å². The minimum atomic E-state index is -0.661. The van der Waals surface area contributed by atoms with Gasteiger partial charge in [0.2, 0.25) is 5.91 Å². The van der Waals surface area contributed by atoms with Gasteiger partial charge in [-0.3, -0.25) is 9.59 Å². The Balaban J connectivity index is 3.31. The first-order valence-corrected chi connectivity index (χ1v) is 37.3. The van der Waals surface area contributed by atoms with Crippen LogP contribution >= 0.6 is 0 Å². The first-order chi connectivity index (χ1) is 39.5. The Hall–Kier alpha value is -1.14. The average molecular weight is 1130 g/mol. The number of carbonyl (C=O) groups is 2. The van der Waals surface area contributed by atoms with Gasteiger partial charge in [-0.15, -0.1) is 0 Å². The molecule has 0 radical (unpaired) electrons. The van der Waals surface area contributed by atoms with Crippen molar-refractivity contribution in [3.05, 3.63) is 0 Å². The van der Waals surface area contributed by atoms with Crippen LogP contribution in [0.5, 0.6) is 0 Å². The van der Waals surface area contributed by atoms with E-state index in [9.17, 15) is 19.8 Å². The van der Waals surface area contributed by atoms with Crippen molar-refractivity contribution in [1.29, 1.82) is 0 Å². The number of carbonyl (C=O) groups excluding carboxylic acids is 2. The van der Waals surface area contributed by atoms with E-state index in [-0.39, 0.29) is 18.5 Å². The fraction of sp³-hybridized carbons (Fsp3) is 0.973. The summed E-state index contributed by atoms with van der Waals surface area (Å²) in [4.78, 5) is 24.6. The molecule has 0 fully saturated rings. The second-order valence-corrected chi connectivity index (χ2v) is 26.0. The van der Waals surface area contributed by atoms with Crippen molar-refractivity contribution in [2.24, 2.45) is 0 Å². The van der Waals surface area contributed by atoms with Crippen LogP contribution in [0.2, 0.25) is 0 Å². The molecule has 0 aliphatic rings. The number of ether oxygens (including phenoxy) is 1. The van der Waals surface area contributed by atoms with E-state index in [0.29, 0.717) is 25.9 Å². The summed E-state index contributed by atoms with van der Waals surface area (Å²) in [5.41, 5.74) is 0. The molecule has 0 aliphatic heterocycles. The predicted molar refractivity (Wildman–Crippen MR) is 352 cm³/mol. The average Bonchev–Trinajstić information content (AvgIpc) is 3.46. The second kappa shape index (κ2) is 70.3. The van der Waals surface area contributed by atoms with Crippen molar-refractivity contribution in [2.75, 3.05) is 13.2 Å². The quantitative estimate of drug-likeness (QED) is 0.0417. The summed E-state index contributed by atoms with van der Waals surface area (Å²) in [6.45, 7) is 5.01. The van der Waals surface area contributed by atoms with Gasteiger partial charge in [-0.25, -0.2) is 0 Å². The highest BCUT2D eigenvalue weighted by atomic mass is 16.5. The number of esters is 1. The molecule has 0 aromatic rings. The number of unbranched alkanes of at least 4 members (excludes halogenated alkanes) is 60. The molecule has 0 heterocycles. The lowest BCUT2D eigenvalue weighted by atomic mass is 10.0. The van der Waals surface area contributed by atoms with Crippen LogP contribution in [0.15, 0.2) is 0 Å². The summed E-state index contributed by atoms with van der Waals surface area (Å²) in [5.74, 6) is -0.00197. The van der Waals surface area contributed by atoms with Crippen molar-refractivity contribution >= 4 is 11.9 Å². The maximum atomic E-state index is 12.5. The molecule has 0 aromatic heterocycles. The van der Waals surface area contributed by atoms with Crippen LogP contribution < -0.4 is 5.32 Å². The first-order valence-electron chi connectivity index (χ1n) is 37.3. The molecule has 478 valence electrons. The van der Waals surface area contributed by atoms with Crippen LogP contribution in [0.3, 0.4) is 0 Å². The number of aliphatic hydroxyl groups excluding tert-OH is 2. The van der Waals surface area contributed by atoms with Crippen molar-refractivity contribution in [2.45, 2.75) is 450 Å². The topological polar surface area (TPSA) is 95.9 Å². The molecular weight excluding hydrogens is 983 g/mol. The third-order valence-electron chi connectivity index (χ3n) is 17.9. The summed E-state index contributed by atoms with van der Waals surface area (Å²) >= 11 is 0. The molecule has 80 heavy (non-hydrogen) atoms. The number of hydrogen-bond acceptors (Lipinski definition) is 5. The molecule has 0 spiro atoms. The highest BCUT2D eigenvalue weighted by Crippen LogP contribution is 2.20. The van der Waals surface area contributed by atoms with Crippen LogP contribution in [0, 0.1) is 0 Å². The van der Waals surface area contributed by atoms with E-state index in [1.165, 1.54) is 366 Å². The summed E-state index contributed by atoms with van der Waals surface area (Å²) in [6, 6.07) is -0.537. The Morgan fingerprint density at radius 2 is 0.512 bits per heavy atom. The Morgan fingerprint density at radius 3 is 0.762 bits per heavy atom. The van der Waals surface area contributed by atoms with Crippen LogP contribution in [0.25, 0.3) is 0 Å². The highest BCUT2D eigenvalue weighted by molar-refractivity contribution is 5.76. The Bertz CT molecular complexity index is 1160. The van der Waals surface area contributed by atoms with E-state index < -0.39 is 12.1 Å². The monoisotopic (exact) mass is 1130 g/mol. The molecule has 2 atom stereocenters. The van der Waals surface area contributed by atoms with Crippen LogP contribution in [-0.4, -0.2) is 47.4 Å². The van der Waals surface area contributed by atoms with Gasteiger partial charge in [-0.05, 0) is 25.7 Å². The van der Waals surface area contributed by atoms with E-state index in [1.54, 1.807) is 0 Å². The minimum absolute atomic E-state index is 0.0232. The van der Waals surface area contributed by atoms with Gasteiger partial charge in [0.05, 0.1) is 25.4 Å². The maximum Gasteiger partial charge on any atom is 0.305 e. The number of nitrogens with one attached hydrogen (secondary N) is 1. The highest BCUT2D eigenvalue weighted by Gasteiger charge is 2.20. The molecule has 0 rings (SSSR count). The summed E-state index contributed by atoms with van der Waals surface area (Å²) in [6.07, 6.45) is 86.0. The number of amides is 1. The molecule has 1 amide bonds. The SMILES string of the molecule is CCCCCCCCCCCCCCCCCCCCCC(O)C(CO)NC(=O)CCCCCCCCCCCCCCCCCCCCCCCCCCCCCCCCCCOC(=O)CCCCCCCCCCCCCC. The lowest BCUT2D eigenvalue weighted by Gasteiger charge is -2.22. The molecule has 0 aliphatic carbocycles. The van der Waals surface area contributed by atoms with Gasteiger partial charge in [0.25, 0.3) is 0 Å². The van der Waals surface area contributed by atoms with Gasteiger partial charge in [0.15, 0.2) is 0 Å². The fourth-order valence-electron chi connectivity index (χ4n) is 12.2. The van der Waals surface area contributed by atoms with Crippen LogP contribution in [0.1, 0.15) is 438 Å². The molecule has 0 saturated carbocycles. The Morgan fingerprint density at radius 1 is 0.300 bits per heavy atom. The van der Waals surface area contributed by atoms with Gasteiger partial charge in [0, 0.05) is 12.8 Å². The summed E-state index contributed by atoms with van der Waals surface area (Å²) < 4.78 is 5.49. The van der Waals surface area contributed by atoms with Crippen LogP contribution in [-0.2, 0) is 14.3 Å².